The first kappa shape index (κ1) is 21.1. The summed E-state index contributed by atoms with van der Waals surface area (Å²) < 4.78 is 42.6. The largest absolute Gasteiger partial charge is 0.489 e. The Morgan fingerprint density at radius 3 is 2.75 bits per heavy atom. The number of sulfonamides is 1. The zero-order valence-electron chi connectivity index (χ0n) is 15.3. The first-order valence-electron chi connectivity index (χ1n) is 8.99. The smallest absolute Gasteiger partial charge is 0.243 e. The van der Waals surface area contributed by atoms with Crippen LogP contribution >= 0.6 is 11.6 Å². The van der Waals surface area contributed by atoms with Crippen molar-refractivity contribution in [2.24, 2.45) is 0 Å². The second kappa shape index (κ2) is 9.73. The van der Waals surface area contributed by atoms with Gasteiger partial charge in [-0.2, -0.15) is 4.31 Å². The number of hydrogen-bond acceptors (Lipinski definition) is 6. The van der Waals surface area contributed by atoms with Gasteiger partial charge in [0.1, 0.15) is 31.5 Å². The van der Waals surface area contributed by atoms with E-state index in [1.54, 1.807) is 6.26 Å². The maximum absolute atomic E-state index is 12.7. The predicted molar refractivity (Wildman–Crippen MR) is 102 cm³/mol. The summed E-state index contributed by atoms with van der Waals surface area (Å²) in [4.78, 5) is 0.110. The van der Waals surface area contributed by atoms with Gasteiger partial charge in [-0.3, -0.25) is 0 Å². The second-order valence-corrected chi connectivity index (χ2v) is 8.73. The summed E-state index contributed by atoms with van der Waals surface area (Å²) in [6.45, 7) is 2.49. The topological polar surface area (TPSA) is 106 Å². The Bertz CT molecular complexity index is 853. The van der Waals surface area contributed by atoms with Crippen molar-refractivity contribution in [2.75, 3.05) is 39.5 Å². The fraction of sp³-hybridized carbons (Fsp3) is 0.444. The van der Waals surface area contributed by atoms with E-state index in [0.29, 0.717) is 45.1 Å². The minimum absolute atomic E-state index is 0.0456. The number of aliphatic hydroxyl groups is 1. The SMILES string of the molecule is O=S(=O)(c1ccc(OC[C@H](O)C[NH2+]Cc2ccco2)c(Cl)c1)N1CCOCC1. The molecule has 0 spiro atoms. The van der Waals surface area contributed by atoms with Crippen LogP contribution in [-0.4, -0.2) is 63.4 Å². The monoisotopic (exact) mass is 431 g/mol. The molecule has 1 fully saturated rings. The highest BCUT2D eigenvalue weighted by Crippen LogP contribution is 2.29. The number of benzene rings is 1. The molecule has 3 rings (SSSR count). The molecular weight excluding hydrogens is 408 g/mol. The van der Waals surface area contributed by atoms with Crippen LogP contribution in [0.5, 0.6) is 5.75 Å². The number of rotatable bonds is 9. The lowest BCUT2D eigenvalue weighted by atomic mass is 10.3. The van der Waals surface area contributed by atoms with Gasteiger partial charge in [0.05, 0.1) is 29.4 Å². The van der Waals surface area contributed by atoms with Gasteiger partial charge >= 0.3 is 0 Å². The van der Waals surface area contributed by atoms with E-state index in [-0.39, 0.29) is 16.5 Å². The van der Waals surface area contributed by atoms with Crippen molar-refractivity contribution in [3.8, 4) is 5.75 Å². The van der Waals surface area contributed by atoms with Crippen LogP contribution in [-0.2, 0) is 21.3 Å². The van der Waals surface area contributed by atoms with Crippen LogP contribution in [0.25, 0.3) is 0 Å². The molecule has 8 nitrogen and oxygen atoms in total. The number of halogens is 1. The molecule has 0 radical (unpaired) electrons. The van der Waals surface area contributed by atoms with Gasteiger partial charge in [-0.1, -0.05) is 11.6 Å². The number of ether oxygens (including phenoxy) is 2. The highest BCUT2D eigenvalue weighted by molar-refractivity contribution is 7.89. The van der Waals surface area contributed by atoms with E-state index in [0.717, 1.165) is 5.76 Å². The average Bonchev–Trinajstić information content (AvgIpc) is 3.21. The molecule has 0 unspecified atom stereocenters. The van der Waals surface area contributed by atoms with Gasteiger partial charge in [0.2, 0.25) is 10.0 Å². The van der Waals surface area contributed by atoms with Gasteiger partial charge in [-0.25, -0.2) is 8.42 Å². The Morgan fingerprint density at radius 1 is 1.29 bits per heavy atom. The predicted octanol–water partition coefficient (Wildman–Crippen LogP) is 0.457. The van der Waals surface area contributed by atoms with E-state index >= 15 is 0 Å². The van der Waals surface area contributed by atoms with Crippen LogP contribution in [0.4, 0.5) is 0 Å². The number of furan rings is 1. The standard InChI is InChI=1S/C18H23ClN2O6S/c19-17-10-16(28(23,24)21-5-8-25-9-6-21)3-4-18(17)27-13-14(22)11-20-12-15-2-1-7-26-15/h1-4,7,10,14,20,22H,5-6,8-9,11-13H2/p+1/t14-/m1/s1. The lowest BCUT2D eigenvalue weighted by Gasteiger charge is -2.26. The summed E-state index contributed by atoms with van der Waals surface area (Å²) in [5.41, 5.74) is 0. The molecule has 28 heavy (non-hydrogen) atoms. The molecule has 1 atom stereocenters. The second-order valence-electron chi connectivity index (χ2n) is 6.38. The summed E-state index contributed by atoms with van der Waals surface area (Å²) in [6.07, 6.45) is 0.899. The molecule has 3 N–H and O–H groups in total. The number of morpholine rings is 1. The third-order valence-electron chi connectivity index (χ3n) is 4.31. The fourth-order valence-electron chi connectivity index (χ4n) is 2.80. The molecule has 0 saturated carbocycles. The average molecular weight is 432 g/mol. The summed E-state index contributed by atoms with van der Waals surface area (Å²) in [5, 5.41) is 12.1. The minimum Gasteiger partial charge on any atom is -0.489 e. The molecule has 2 heterocycles. The van der Waals surface area contributed by atoms with Gasteiger partial charge in [-0.15, -0.1) is 0 Å². The zero-order valence-corrected chi connectivity index (χ0v) is 16.9. The third-order valence-corrected chi connectivity index (χ3v) is 6.50. The lowest BCUT2D eigenvalue weighted by Crippen LogP contribution is -2.85. The molecule has 2 aromatic rings. The van der Waals surface area contributed by atoms with Crippen molar-refractivity contribution in [3.63, 3.8) is 0 Å². The van der Waals surface area contributed by atoms with E-state index in [9.17, 15) is 13.5 Å². The lowest BCUT2D eigenvalue weighted by molar-refractivity contribution is -0.678. The van der Waals surface area contributed by atoms with Crippen molar-refractivity contribution in [2.45, 2.75) is 17.5 Å². The van der Waals surface area contributed by atoms with Gasteiger partial charge < -0.3 is 24.3 Å². The van der Waals surface area contributed by atoms with Crippen molar-refractivity contribution in [1.29, 1.82) is 0 Å². The molecule has 1 saturated heterocycles. The van der Waals surface area contributed by atoms with Gasteiger partial charge in [0.25, 0.3) is 0 Å². The van der Waals surface area contributed by atoms with Gasteiger partial charge in [0, 0.05) is 13.1 Å². The molecular formula is C18H24ClN2O6S+. The van der Waals surface area contributed by atoms with Gasteiger partial charge in [0.15, 0.2) is 5.76 Å². The zero-order chi connectivity index (χ0) is 20.0. The highest BCUT2D eigenvalue weighted by atomic mass is 35.5. The molecule has 154 valence electrons. The number of nitrogens with zero attached hydrogens (tertiary/aromatic N) is 1. The van der Waals surface area contributed by atoms with E-state index in [4.69, 9.17) is 25.5 Å². The van der Waals surface area contributed by atoms with Crippen LogP contribution in [0.3, 0.4) is 0 Å². The normalized spacial score (nSPS) is 16.8. The summed E-state index contributed by atoms with van der Waals surface area (Å²) in [6, 6.07) is 8.02. The highest BCUT2D eigenvalue weighted by Gasteiger charge is 2.27. The van der Waals surface area contributed by atoms with Crippen LogP contribution in [0, 0.1) is 0 Å². The van der Waals surface area contributed by atoms with E-state index in [1.807, 2.05) is 17.4 Å². The summed E-state index contributed by atoms with van der Waals surface area (Å²) in [5.74, 6) is 1.15. The Balaban J connectivity index is 1.52. The molecule has 1 aromatic heterocycles. The number of hydrogen-bond donors (Lipinski definition) is 2. The van der Waals surface area contributed by atoms with Gasteiger partial charge in [-0.05, 0) is 30.3 Å². The molecule has 1 aromatic carbocycles. The summed E-state index contributed by atoms with van der Waals surface area (Å²) in [7, 11) is -3.62. The number of quaternary nitrogens is 1. The molecule has 0 bridgehead atoms. The fourth-order valence-corrected chi connectivity index (χ4v) is 4.53. The van der Waals surface area contributed by atoms with Crippen molar-refractivity contribution in [1.82, 2.24) is 4.31 Å². The maximum Gasteiger partial charge on any atom is 0.243 e. The van der Waals surface area contributed by atoms with Crippen LogP contribution in [0.1, 0.15) is 5.76 Å². The Hall–Kier alpha value is -1.62. The maximum atomic E-state index is 12.7. The van der Waals surface area contributed by atoms with Crippen molar-refractivity contribution < 1.29 is 32.7 Å². The Kier molecular flexibility index (Phi) is 7.33. The van der Waals surface area contributed by atoms with Crippen molar-refractivity contribution >= 4 is 21.6 Å². The molecule has 0 aliphatic carbocycles. The van der Waals surface area contributed by atoms with Crippen LogP contribution < -0.4 is 10.1 Å². The van der Waals surface area contributed by atoms with E-state index < -0.39 is 16.1 Å². The summed E-state index contributed by atoms with van der Waals surface area (Å²) >= 11 is 6.20. The minimum atomic E-state index is -3.62. The molecule has 1 aliphatic heterocycles. The van der Waals surface area contributed by atoms with Crippen LogP contribution in [0.2, 0.25) is 5.02 Å². The van der Waals surface area contributed by atoms with Crippen molar-refractivity contribution in [3.05, 3.63) is 47.4 Å². The first-order valence-corrected chi connectivity index (χ1v) is 10.8. The van der Waals surface area contributed by atoms with E-state index in [1.165, 1.54) is 22.5 Å². The molecule has 0 amide bonds. The third kappa shape index (κ3) is 5.47. The number of nitrogens with two attached hydrogens (primary N) is 1. The van der Waals surface area contributed by atoms with E-state index in [2.05, 4.69) is 0 Å². The molecule has 1 aliphatic rings. The van der Waals surface area contributed by atoms with Crippen LogP contribution in [0.15, 0.2) is 45.9 Å². The number of aliphatic hydroxyl groups excluding tert-OH is 1. The Morgan fingerprint density at radius 2 is 2.07 bits per heavy atom. The quantitative estimate of drug-likeness (QED) is 0.597. The Labute approximate surface area is 169 Å². The first-order chi connectivity index (χ1) is 13.5. The molecule has 10 heteroatoms.